The first-order valence-electron chi connectivity index (χ1n) is 10.3. The molecule has 0 fully saturated rings. The van der Waals surface area contributed by atoms with Crippen molar-refractivity contribution in [3.8, 4) is 39.5 Å². The van der Waals surface area contributed by atoms with Crippen molar-refractivity contribution in [1.82, 2.24) is 4.90 Å². The first-order valence-corrected chi connectivity index (χ1v) is 10.3. The van der Waals surface area contributed by atoms with Crippen molar-refractivity contribution in [3.63, 3.8) is 0 Å². The number of nitrogens with zero attached hydrogens (tertiary/aromatic N) is 1. The Bertz CT molecular complexity index is 1090. The van der Waals surface area contributed by atoms with Crippen molar-refractivity contribution in [1.29, 1.82) is 0 Å². The molecular weight excluding hydrogens is 398 g/mol. The molecular formula is C25H26ClNO3. The lowest BCUT2D eigenvalue weighted by atomic mass is 9.75. The number of rotatable bonds is 3. The fraction of sp³-hybridized carbons (Fsp3) is 0.280. The number of phenols is 3. The molecule has 1 aliphatic heterocycles. The summed E-state index contributed by atoms with van der Waals surface area (Å²) in [5.41, 5.74) is 7.56. The molecule has 0 aromatic heterocycles. The Kier molecular flexibility index (Phi) is 5.39. The summed E-state index contributed by atoms with van der Waals surface area (Å²) in [5.74, 6) is 0.141. The van der Waals surface area contributed by atoms with E-state index in [1.165, 1.54) is 11.1 Å². The number of benzene rings is 3. The molecule has 5 heteroatoms. The highest BCUT2D eigenvalue weighted by Crippen LogP contribution is 2.51. The van der Waals surface area contributed by atoms with Gasteiger partial charge in [-0.25, -0.2) is 0 Å². The Labute approximate surface area is 182 Å². The van der Waals surface area contributed by atoms with Crippen LogP contribution in [0.4, 0.5) is 0 Å². The fourth-order valence-corrected chi connectivity index (χ4v) is 5.03. The van der Waals surface area contributed by atoms with Crippen LogP contribution in [-0.4, -0.2) is 33.3 Å². The minimum Gasteiger partial charge on any atom is -0.508 e. The van der Waals surface area contributed by atoms with Crippen LogP contribution < -0.4 is 0 Å². The SMILES string of the molecule is CCCN1CCc2cc(-c3ccc(O)cc3)cc3c2[C@H]1Cc1ccc(O)c(O)c1-3.Cl. The van der Waals surface area contributed by atoms with Crippen LogP contribution in [0.15, 0.2) is 48.5 Å². The Balaban J connectivity index is 0.00000218. The summed E-state index contributed by atoms with van der Waals surface area (Å²) in [6.07, 6.45) is 2.93. The Hall–Kier alpha value is -2.69. The molecule has 0 unspecified atom stereocenters. The molecule has 3 aromatic carbocycles. The van der Waals surface area contributed by atoms with Crippen molar-refractivity contribution in [2.24, 2.45) is 0 Å². The molecule has 4 nitrogen and oxygen atoms in total. The van der Waals surface area contributed by atoms with Crippen molar-refractivity contribution in [2.45, 2.75) is 32.2 Å². The minimum atomic E-state index is -0.0767. The summed E-state index contributed by atoms with van der Waals surface area (Å²) in [5, 5.41) is 30.6. The molecule has 156 valence electrons. The average molecular weight is 424 g/mol. The van der Waals surface area contributed by atoms with E-state index in [1.54, 1.807) is 18.2 Å². The number of halogens is 1. The summed E-state index contributed by atoms with van der Waals surface area (Å²) in [7, 11) is 0. The molecule has 30 heavy (non-hydrogen) atoms. The minimum absolute atomic E-state index is 0. The summed E-state index contributed by atoms with van der Waals surface area (Å²) in [6.45, 7) is 4.30. The predicted octanol–water partition coefficient (Wildman–Crippen LogP) is 5.42. The molecule has 1 atom stereocenters. The average Bonchev–Trinajstić information content (AvgIpc) is 2.73. The summed E-state index contributed by atoms with van der Waals surface area (Å²) in [6, 6.07) is 15.5. The predicted molar refractivity (Wildman–Crippen MR) is 122 cm³/mol. The first-order chi connectivity index (χ1) is 14.1. The molecule has 0 bridgehead atoms. The van der Waals surface area contributed by atoms with Crippen LogP contribution in [0.25, 0.3) is 22.3 Å². The molecule has 5 rings (SSSR count). The zero-order valence-electron chi connectivity index (χ0n) is 16.9. The third-order valence-corrected chi connectivity index (χ3v) is 6.35. The largest absolute Gasteiger partial charge is 0.508 e. The Morgan fingerprint density at radius 3 is 2.43 bits per heavy atom. The van der Waals surface area contributed by atoms with Gasteiger partial charge in [-0.15, -0.1) is 12.4 Å². The van der Waals surface area contributed by atoms with Crippen LogP contribution in [0, 0.1) is 0 Å². The first kappa shape index (κ1) is 20.6. The van der Waals surface area contributed by atoms with Crippen LogP contribution in [-0.2, 0) is 12.8 Å². The maximum absolute atomic E-state index is 10.7. The van der Waals surface area contributed by atoms with Gasteiger partial charge in [-0.3, -0.25) is 4.90 Å². The third-order valence-electron chi connectivity index (χ3n) is 6.35. The lowest BCUT2D eigenvalue weighted by Crippen LogP contribution is -2.38. The van der Waals surface area contributed by atoms with Crippen LogP contribution in [0.1, 0.15) is 36.1 Å². The quantitative estimate of drug-likeness (QED) is 0.492. The molecule has 1 aliphatic carbocycles. The van der Waals surface area contributed by atoms with Gasteiger partial charge in [-0.05, 0) is 83.5 Å². The highest BCUT2D eigenvalue weighted by molar-refractivity contribution is 5.86. The van der Waals surface area contributed by atoms with Gasteiger partial charge in [0.1, 0.15) is 5.75 Å². The van der Waals surface area contributed by atoms with E-state index in [9.17, 15) is 15.3 Å². The van der Waals surface area contributed by atoms with Crippen molar-refractivity contribution < 1.29 is 15.3 Å². The summed E-state index contributed by atoms with van der Waals surface area (Å²) >= 11 is 0. The number of aromatic hydroxyl groups is 3. The van der Waals surface area contributed by atoms with E-state index in [4.69, 9.17) is 0 Å². The van der Waals surface area contributed by atoms with E-state index in [0.717, 1.165) is 60.2 Å². The summed E-state index contributed by atoms with van der Waals surface area (Å²) < 4.78 is 0. The second-order valence-corrected chi connectivity index (χ2v) is 8.12. The monoisotopic (exact) mass is 423 g/mol. The van der Waals surface area contributed by atoms with Crippen LogP contribution in [0.5, 0.6) is 17.2 Å². The third kappa shape index (κ3) is 3.21. The molecule has 3 aromatic rings. The van der Waals surface area contributed by atoms with Gasteiger partial charge in [-0.1, -0.05) is 31.2 Å². The molecule has 0 spiro atoms. The van der Waals surface area contributed by atoms with E-state index in [2.05, 4.69) is 24.0 Å². The van der Waals surface area contributed by atoms with E-state index >= 15 is 0 Å². The molecule has 0 saturated heterocycles. The standard InChI is InChI=1S/C25H25NO3.ClH/c1-2-10-26-11-9-17-12-18(15-3-6-19(27)7-4-15)13-20-23(17)21(26)14-16-5-8-22(28)25(29)24(16)20;/h3-8,12-13,21,27-29H,2,9-11,14H2,1H3;1H/t21-;/m1./s1. The molecule has 0 saturated carbocycles. The van der Waals surface area contributed by atoms with E-state index in [0.29, 0.717) is 6.04 Å². The van der Waals surface area contributed by atoms with Gasteiger partial charge in [0, 0.05) is 18.2 Å². The topological polar surface area (TPSA) is 63.9 Å². The van der Waals surface area contributed by atoms with Gasteiger partial charge in [-0.2, -0.15) is 0 Å². The number of hydrogen-bond donors (Lipinski definition) is 3. The zero-order chi connectivity index (χ0) is 20.1. The van der Waals surface area contributed by atoms with E-state index in [1.807, 2.05) is 18.2 Å². The number of fused-ring (bicyclic) bond motifs is 2. The maximum Gasteiger partial charge on any atom is 0.165 e. The van der Waals surface area contributed by atoms with E-state index in [-0.39, 0.29) is 29.7 Å². The smallest absolute Gasteiger partial charge is 0.165 e. The van der Waals surface area contributed by atoms with Crippen LogP contribution in [0.3, 0.4) is 0 Å². The normalized spacial score (nSPS) is 17.0. The van der Waals surface area contributed by atoms with Crippen LogP contribution >= 0.6 is 12.4 Å². The fourth-order valence-electron chi connectivity index (χ4n) is 5.03. The molecule has 1 heterocycles. The van der Waals surface area contributed by atoms with Crippen molar-refractivity contribution in [2.75, 3.05) is 13.1 Å². The van der Waals surface area contributed by atoms with Crippen molar-refractivity contribution in [3.05, 3.63) is 65.2 Å². The highest BCUT2D eigenvalue weighted by atomic mass is 35.5. The highest BCUT2D eigenvalue weighted by Gasteiger charge is 2.36. The molecule has 3 N–H and O–H groups in total. The Morgan fingerprint density at radius 2 is 1.70 bits per heavy atom. The lowest BCUT2D eigenvalue weighted by molar-refractivity contribution is 0.183. The van der Waals surface area contributed by atoms with Gasteiger partial charge in [0.15, 0.2) is 11.5 Å². The van der Waals surface area contributed by atoms with Gasteiger partial charge in [0.25, 0.3) is 0 Å². The number of hydrogen-bond acceptors (Lipinski definition) is 4. The van der Waals surface area contributed by atoms with E-state index < -0.39 is 0 Å². The van der Waals surface area contributed by atoms with Gasteiger partial charge in [0.05, 0.1) is 0 Å². The van der Waals surface area contributed by atoms with Crippen LogP contribution in [0.2, 0.25) is 0 Å². The van der Waals surface area contributed by atoms with Gasteiger partial charge in [0.2, 0.25) is 0 Å². The maximum atomic E-state index is 10.7. The van der Waals surface area contributed by atoms with Gasteiger partial charge < -0.3 is 15.3 Å². The molecule has 2 aliphatic rings. The summed E-state index contributed by atoms with van der Waals surface area (Å²) in [4.78, 5) is 2.55. The zero-order valence-corrected chi connectivity index (χ0v) is 17.7. The Morgan fingerprint density at radius 1 is 0.933 bits per heavy atom. The lowest BCUT2D eigenvalue weighted by Gasteiger charge is -2.42. The second kappa shape index (κ2) is 7.86. The second-order valence-electron chi connectivity index (χ2n) is 8.12. The molecule has 0 amide bonds. The molecule has 0 radical (unpaired) electrons. The van der Waals surface area contributed by atoms with Crippen molar-refractivity contribution >= 4 is 12.4 Å². The number of phenolic OH excluding ortho intramolecular Hbond substituents is 3. The van der Waals surface area contributed by atoms with Gasteiger partial charge >= 0.3 is 0 Å².